The van der Waals surface area contributed by atoms with Gasteiger partial charge in [0.05, 0.1) is 0 Å². The zero-order chi connectivity index (χ0) is 41.5. The molecule has 0 bridgehead atoms. The molecule has 0 saturated carbocycles. The molecule has 0 N–H and O–H groups in total. The second-order valence-electron chi connectivity index (χ2n) is 13.1. The molecule has 0 unspecified atom stereocenters. The van der Waals surface area contributed by atoms with Crippen molar-refractivity contribution in [3.05, 3.63) is 273 Å². The number of hydrogen-bond donors (Lipinski definition) is 0. The molecule has 6 heteroatoms. The maximum atomic E-state index is 4.90. The van der Waals surface area contributed by atoms with Crippen LogP contribution < -0.4 is 47.7 Å². The Morgan fingerprint density at radius 1 is 0.183 bits per heavy atom. The van der Waals surface area contributed by atoms with Crippen molar-refractivity contribution in [1.29, 1.82) is 0 Å². The van der Waals surface area contributed by atoms with Gasteiger partial charge in [0.2, 0.25) is 0 Å². The van der Waals surface area contributed by atoms with E-state index in [2.05, 4.69) is 273 Å². The fourth-order valence-electron chi connectivity index (χ4n) is 6.54. The van der Waals surface area contributed by atoms with Gasteiger partial charge in [-0.3, -0.25) is 0 Å². The molecule has 300 valence electrons. The van der Waals surface area contributed by atoms with Gasteiger partial charge < -0.3 is 0 Å². The SMILES string of the molecule is [Cl][IrH][Cl].c1ccc(P(c2ccccc2)c2ccccc2)cc1.c1ccc(P(c2ccccc2)c2ccccc2)cc1.c1ccc(P(c2ccccc2)c2ccccc2)cc1. The van der Waals surface area contributed by atoms with E-state index in [4.69, 9.17) is 19.2 Å². The first kappa shape index (κ1) is 45.0. The molecule has 0 amide bonds. The summed E-state index contributed by atoms with van der Waals surface area (Å²) in [6.45, 7) is 0. The molecule has 0 aliphatic carbocycles. The Labute approximate surface area is 376 Å². The summed E-state index contributed by atoms with van der Waals surface area (Å²) in [5, 5.41) is 12.6. The smallest absolute Gasteiger partial charge is 0.0134 e. The van der Waals surface area contributed by atoms with Crippen molar-refractivity contribution in [2.45, 2.75) is 0 Å². The third kappa shape index (κ3) is 13.8. The Balaban J connectivity index is 0.000000146. The molecule has 60 heavy (non-hydrogen) atoms. The van der Waals surface area contributed by atoms with Crippen LogP contribution in [0.15, 0.2) is 273 Å². The van der Waals surface area contributed by atoms with Gasteiger partial charge in [-0.2, -0.15) is 0 Å². The summed E-state index contributed by atoms with van der Waals surface area (Å²) in [6.07, 6.45) is 0. The Hall–Kier alpha value is -4.50. The molecule has 9 rings (SSSR count). The van der Waals surface area contributed by atoms with Gasteiger partial charge in [-0.25, -0.2) is 0 Å². The molecule has 0 saturated heterocycles. The fraction of sp³-hybridized carbons (Fsp3) is 0. The maximum absolute atomic E-state index is 4.90. The van der Waals surface area contributed by atoms with Crippen LogP contribution in [0.1, 0.15) is 0 Å². The van der Waals surface area contributed by atoms with Gasteiger partial charge in [-0.05, 0) is 71.5 Å². The topological polar surface area (TPSA) is 0 Å². The monoisotopic (exact) mass is 1050 g/mol. The summed E-state index contributed by atoms with van der Waals surface area (Å²) >= 11 is -0.639. The van der Waals surface area contributed by atoms with Crippen LogP contribution in [0.25, 0.3) is 0 Å². The number of rotatable bonds is 9. The molecule has 0 aliphatic rings. The molecule has 0 nitrogen and oxygen atoms in total. The fourth-order valence-corrected chi connectivity index (χ4v) is 13.5. The van der Waals surface area contributed by atoms with Crippen LogP contribution in [-0.4, -0.2) is 0 Å². The van der Waals surface area contributed by atoms with Crippen molar-refractivity contribution in [1.82, 2.24) is 0 Å². The first-order chi connectivity index (χ1) is 29.8. The minimum atomic E-state index is -0.639. The van der Waals surface area contributed by atoms with E-state index in [1.54, 1.807) is 0 Å². The molecule has 0 atom stereocenters. The summed E-state index contributed by atoms with van der Waals surface area (Å²) in [6, 6.07) is 97.0. The Morgan fingerprint density at radius 3 is 0.350 bits per heavy atom. The Kier molecular flexibility index (Phi) is 19.5. The minimum Gasteiger partial charge on any atom is -0.0622 e. The average molecular weight is 1050 g/mol. The quantitative estimate of drug-likeness (QED) is 0.126. The molecule has 0 aromatic heterocycles. The molecular formula is C54H46Cl2IrP3. The standard InChI is InChI=1S/3C18H15P.2ClH.Ir.H/c3*1-4-10-16(11-5-1)19(17-12-6-2-7-13-17)18-14-8-3-9-15-18;;;;/h3*1-15H;2*1H;;/q;;;;;+2;/p-2. The summed E-state index contributed by atoms with van der Waals surface area (Å²) in [5.74, 6) is 0. The molecule has 0 spiro atoms. The first-order valence-corrected chi connectivity index (χ1v) is 29.8. The Morgan fingerprint density at radius 2 is 0.267 bits per heavy atom. The van der Waals surface area contributed by atoms with Gasteiger partial charge in [0.15, 0.2) is 0 Å². The van der Waals surface area contributed by atoms with Crippen molar-refractivity contribution in [3.8, 4) is 0 Å². The van der Waals surface area contributed by atoms with Gasteiger partial charge in [0.1, 0.15) is 0 Å². The molecule has 0 heterocycles. The van der Waals surface area contributed by atoms with E-state index in [1.165, 1.54) is 47.7 Å². The summed E-state index contributed by atoms with van der Waals surface area (Å²) in [4.78, 5) is 0. The van der Waals surface area contributed by atoms with Crippen LogP contribution in [0.2, 0.25) is 0 Å². The average Bonchev–Trinajstić information content (AvgIpc) is 3.33. The second-order valence-corrected chi connectivity index (χ2v) is 23.4. The van der Waals surface area contributed by atoms with E-state index in [0.717, 1.165) is 0 Å². The van der Waals surface area contributed by atoms with E-state index in [0.29, 0.717) is 0 Å². The normalized spacial score (nSPS) is 10.4. The molecule has 9 aromatic rings. The van der Waals surface area contributed by atoms with Crippen molar-refractivity contribution < 1.29 is 15.7 Å². The zero-order valence-electron chi connectivity index (χ0n) is 32.9. The molecular weight excluding hydrogens is 1000 g/mol. The van der Waals surface area contributed by atoms with Crippen LogP contribution in [-0.2, 0) is 15.7 Å². The van der Waals surface area contributed by atoms with Crippen LogP contribution in [0, 0.1) is 0 Å². The summed E-state index contributed by atoms with van der Waals surface area (Å²) in [7, 11) is 8.47. The van der Waals surface area contributed by atoms with Gasteiger partial charge in [-0.1, -0.05) is 273 Å². The summed E-state index contributed by atoms with van der Waals surface area (Å²) < 4.78 is 0. The van der Waals surface area contributed by atoms with Crippen molar-refractivity contribution >= 4 is 90.7 Å². The van der Waals surface area contributed by atoms with E-state index in [1.807, 2.05) is 0 Å². The van der Waals surface area contributed by atoms with Crippen molar-refractivity contribution in [2.24, 2.45) is 0 Å². The molecule has 9 aromatic carbocycles. The zero-order valence-corrected chi connectivity index (χ0v) is 39.7. The van der Waals surface area contributed by atoms with Gasteiger partial charge >= 0.3 is 34.8 Å². The minimum absolute atomic E-state index is 0.446. The molecule has 0 radical (unpaired) electrons. The predicted molar refractivity (Wildman–Crippen MR) is 269 cm³/mol. The number of benzene rings is 9. The predicted octanol–water partition coefficient (Wildman–Crippen LogP) is 11.4. The Bertz CT molecular complexity index is 1890. The molecule has 0 aliphatic heterocycles. The van der Waals surface area contributed by atoms with Crippen LogP contribution in [0.5, 0.6) is 0 Å². The van der Waals surface area contributed by atoms with Crippen molar-refractivity contribution in [3.63, 3.8) is 0 Å². The molecule has 0 fully saturated rings. The number of halogens is 2. The van der Waals surface area contributed by atoms with Gasteiger partial charge in [0.25, 0.3) is 0 Å². The van der Waals surface area contributed by atoms with Crippen molar-refractivity contribution in [2.75, 3.05) is 0 Å². The van der Waals surface area contributed by atoms with E-state index >= 15 is 0 Å². The summed E-state index contributed by atoms with van der Waals surface area (Å²) in [5.41, 5.74) is 0. The van der Waals surface area contributed by atoms with Gasteiger partial charge in [-0.15, -0.1) is 0 Å². The van der Waals surface area contributed by atoms with Crippen LogP contribution in [0.4, 0.5) is 0 Å². The second kappa shape index (κ2) is 26.0. The van der Waals surface area contributed by atoms with E-state index in [9.17, 15) is 0 Å². The van der Waals surface area contributed by atoms with Gasteiger partial charge in [0, 0.05) is 0 Å². The first-order valence-electron chi connectivity index (χ1n) is 19.5. The third-order valence-corrected chi connectivity index (χ3v) is 16.5. The van der Waals surface area contributed by atoms with E-state index < -0.39 is 39.4 Å². The van der Waals surface area contributed by atoms with E-state index in [-0.39, 0.29) is 0 Å². The largest absolute Gasteiger partial charge is 0.0622 e. The third-order valence-electron chi connectivity index (χ3n) is 9.13. The number of hydrogen-bond acceptors (Lipinski definition) is 0. The maximum Gasteiger partial charge on any atom is -0.0134 e. The van der Waals surface area contributed by atoms with Crippen LogP contribution >= 0.6 is 42.9 Å². The van der Waals surface area contributed by atoms with Crippen LogP contribution in [0.3, 0.4) is 0 Å².